The molecule has 2 atom stereocenters. The number of hydrogen-bond acceptors (Lipinski definition) is 3. The zero-order valence-electron chi connectivity index (χ0n) is 10.1. The fraction of sp³-hybridized carbons (Fsp3) is 0.429. The number of ether oxygens (including phenoxy) is 2. The van der Waals surface area contributed by atoms with Gasteiger partial charge < -0.3 is 14.8 Å². The summed E-state index contributed by atoms with van der Waals surface area (Å²) in [4.78, 5) is 0. The Morgan fingerprint density at radius 1 is 1.44 bits per heavy atom. The minimum atomic E-state index is 0.181. The van der Waals surface area contributed by atoms with E-state index in [9.17, 15) is 0 Å². The molecule has 0 bridgehead atoms. The summed E-state index contributed by atoms with van der Waals surface area (Å²) < 4.78 is 11.2. The molecule has 0 saturated carbocycles. The highest BCUT2D eigenvalue weighted by Crippen LogP contribution is 2.23. The second-order valence-corrected chi connectivity index (χ2v) is 4.63. The minimum Gasteiger partial charge on any atom is -0.490 e. The first-order chi connectivity index (χ1) is 8.79. The summed E-state index contributed by atoms with van der Waals surface area (Å²) in [5.74, 6) is 3.19. The Labute approximate surface area is 112 Å². The topological polar surface area (TPSA) is 30.5 Å². The quantitative estimate of drug-likeness (QED) is 0.827. The Bertz CT molecular complexity index is 430. The monoisotopic (exact) mass is 265 g/mol. The Morgan fingerprint density at radius 3 is 3.06 bits per heavy atom. The number of nitrogens with one attached hydrogen (secondary N) is 1. The highest BCUT2D eigenvalue weighted by molar-refractivity contribution is 6.32. The van der Waals surface area contributed by atoms with E-state index in [-0.39, 0.29) is 12.1 Å². The zero-order valence-corrected chi connectivity index (χ0v) is 10.8. The molecule has 0 aliphatic carbocycles. The molecule has 1 aromatic carbocycles. The lowest BCUT2D eigenvalue weighted by Gasteiger charge is -2.13. The summed E-state index contributed by atoms with van der Waals surface area (Å²) in [7, 11) is 0. The summed E-state index contributed by atoms with van der Waals surface area (Å²) in [6.07, 6.45) is 6.25. The van der Waals surface area contributed by atoms with Gasteiger partial charge in [0, 0.05) is 12.6 Å². The van der Waals surface area contributed by atoms with Gasteiger partial charge in [0.2, 0.25) is 0 Å². The van der Waals surface area contributed by atoms with E-state index in [1.165, 1.54) is 0 Å². The van der Waals surface area contributed by atoms with Crippen LogP contribution in [0.25, 0.3) is 0 Å². The van der Waals surface area contributed by atoms with Crippen molar-refractivity contribution in [3.05, 3.63) is 29.3 Å². The standard InChI is InChI=1S/C14H16ClNO2/c1-2-7-17-12-8-11(16-9-12)10-18-14-6-4-3-5-13(14)15/h1,3-6,11-12,16H,7-10H2/t11-,12+/m1/s1. The molecule has 4 heteroatoms. The van der Waals surface area contributed by atoms with Gasteiger partial charge in [-0.15, -0.1) is 6.42 Å². The van der Waals surface area contributed by atoms with E-state index in [1.54, 1.807) is 0 Å². The Hall–Kier alpha value is -1.21. The van der Waals surface area contributed by atoms with Gasteiger partial charge in [0.1, 0.15) is 19.0 Å². The third kappa shape index (κ3) is 3.64. The minimum absolute atomic E-state index is 0.181. The van der Waals surface area contributed by atoms with Gasteiger partial charge in [-0.05, 0) is 18.6 Å². The van der Waals surface area contributed by atoms with Gasteiger partial charge in [0.15, 0.2) is 0 Å². The van der Waals surface area contributed by atoms with Crippen LogP contribution in [0.3, 0.4) is 0 Å². The smallest absolute Gasteiger partial charge is 0.137 e. The van der Waals surface area contributed by atoms with Crippen LogP contribution in [0, 0.1) is 12.3 Å². The fourth-order valence-electron chi connectivity index (χ4n) is 1.95. The van der Waals surface area contributed by atoms with Crippen LogP contribution in [0.4, 0.5) is 0 Å². The maximum Gasteiger partial charge on any atom is 0.137 e. The van der Waals surface area contributed by atoms with Crippen LogP contribution >= 0.6 is 11.6 Å². The molecule has 0 aromatic heterocycles. The molecular formula is C14H16ClNO2. The lowest BCUT2D eigenvalue weighted by atomic mass is 10.2. The van der Waals surface area contributed by atoms with Crippen molar-refractivity contribution in [1.29, 1.82) is 0 Å². The van der Waals surface area contributed by atoms with Crippen LogP contribution in [0.15, 0.2) is 24.3 Å². The molecule has 1 aliphatic heterocycles. The summed E-state index contributed by atoms with van der Waals surface area (Å²) in [5, 5.41) is 3.98. The van der Waals surface area contributed by atoms with E-state index in [1.807, 2.05) is 24.3 Å². The Balaban J connectivity index is 1.76. The number of hydrogen-bond donors (Lipinski definition) is 1. The average Bonchev–Trinajstić information content (AvgIpc) is 2.83. The molecule has 0 spiro atoms. The number of benzene rings is 1. The summed E-state index contributed by atoms with van der Waals surface area (Å²) in [6.45, 7) is 1.77. The lowest BCUT2D eigenvalue weighted by molar-refractivity contribution is 0.0898. The van der Waals surface area contributed by atoms with E-state index in [0.717, 1.165) is 13.0 Å². The fourth-order valence-corrected chi connectivity index (χ4v) is 2.14. The van der Waals surface area contributed by atoms with Crippen molar-refractivity contribution < 1.29 is 9.47 Å². The van der Waals surface area contributed by atoms with Gasteiger partial charge in [-0.2, -0.15) is 0 Å². The van der Waals surface area contributed by atoms with Crippen LogP contribution in [0.2, 0.25) is 5.02 Å². The lowest BCUT2D eigenvalue weighted by Crippen LogP contribution is -2.28. The van der Waals surface area contributed by atoms with Crippen LogP contribution < -0.4 is 10.1 Å². The van der Waals surface area contributed by atoms with E-state index in [0.29, 0.717) is 24.0 Å². The maximum atomic E-state index is 6.01. The Kier molecular flexibility index (Phi) is 4.89. The molecule has 1 aliphatic rings. The normalized spacial score (nSPS) is 22.7. The first-order valence-corrected chi connectivity index (χ1v) is 6.33. The van der Waals surface area contributed by atoms with Gasteiger partial charge in [-0.3, -0.25) is 0 Å². The highest BCUT2D eigenvalue weighted by Gasteiger charge is 2.24. The van der Waals surface area contributed by atoms with Crippen molar-refractivity contribution in [2.45, 2.75) is 18.6 Å². The number of rotatable bonds is 5. The zero-order chi connectivity index (χ0) is 12.8. The Morgan fingerprint density at radius 2 is 2.28 bits per heavy atom. The first-order valence-electron chi connectivity index (χ1n) is 5.95. The van der Waals surface area contributed by atoms with Crippen molar-refractivity contribution >= 4 is 11.6 Å². The summed E-state index contributed by atoms with van der Waals surface area (Å²) >= 11 is 6.01. The third-order valence-electron chi connectivity index (χ3n) is 2.86. The van der Waals surface area contributed by atoms with Crippen LogP contribution in [0.5, 0.6) is 5.75 Å². The second kappa shape index (κ2) is 6.65. The average molecular weight is 266 g/mol. The van der Waals surface area contributed by atoms with Gasteiger partial charge in [0.05, 0.1) is 11.1 Å². The van der Waals surface area contributed by atoms with Gasteiger partial charge >= 0.3 is 0 Å². The number of terminal acetylenes is 1. The molecule has 1 aromatic rings. The molecule has 0 amide bonds. The van der Waals surface area contributed by atoms with Crippen molar-refractivity contribution in [2.75, 3.05) is 19.8 Å². The van der Waals surface area contributed by atoms with Crippen molar-refractivity contribution in [1.82, 2.24) is 5.32 Å². The summed E-state index contributed by atoms with van der Waals surface area (Å²) in [6, 6.07) is 7.75. The number of para-hydroxylation sites is 1. The van der Waals surface area contributed by atoms with Crippen molar-refractivity contribution in [3.8, 4) is 18.1 Å². The van der Waals surface area contributed by atoms with Gasteiger partial charge in [0.25, 0.3) is 0 Å². The second-order valence-electron chi connectivity index (χ2n) is 4.22. The number of halogens is 1. The molecule has 2 rings (SSSR count). The SMILES string of the molecule is C#CCO[C@@H]1CN[C@@H](COc2ccccc2Cl)C1. The largest absolute Gasteiger partial charge is 0.490 e. The van der Waals surface area contributed by atoms with Crippen LogP contribution in [0.1, 0.15) is 6.42 Å². The molecule has 1 fully saturated rings. The van der Waals surface area contributed by atoms with Crippen LogP contribution in [-0.2, 0) is 4.74 Å². The molecule has 18 heavy (non-hydrogen) atoms. The molecule has 3 nitrogen and oxygen atoms in total. The highest BCUT2D eigenvalue weighted by atomic mass is 35.5. The molecule has 1 N–H and O–H groups in total. The molecule has 96 valence electrons. The predicted molar refractivity (Wildman–Crippen MR) is 71.9 cm³/mol. The predicted octanol–water partition coefficient (Wildman–Crippen LogP) is 2.10. The van der Waals surface area contributed by atoms with Gasteiger partial charge in [-0.1, -0.05) is 29.7 Å². The van der Waals surface area contributed by atoms with E-state index in [2.05, 4.69) is 11.2 Å². The van der Waals surface area contributed by atoms with E-state index >= 15 is 0 Å². The maximum absolute atomic E-state index is 6.01. The van der Waals surface area contributed by atoms with Crippen LogP contribution in [-0.4, -0.2) is 31.9 Å². The summed E-state index contributed by atoms with van der Waals surface area (Å²) in [5.41, 5.74) is 0. The van der Waals surface area contributed by atoms with Crippen molar-refractivity contribution in [3.63, 3.8) is 0 Å². The third-order valence-corrected chi connectivity index (χ3v) is 3.17. The molecule has 0 radical (unpaired) electrons. The van der Waals surface area contributed by atoms with E-state index < -0.39 is 0 Å². The van der Waals surface area contributed by atoms with Crippen molar-refractivity contribution in [2.24, 2.45) is 0 Å². The molecule has 1 saturated heterocycles. The molecule has 0 unspecified atom stereocenters. The molecule has 1 heterocycles. The van der Waals surface area contributed by atoms with E-state index in [4.69, 9.17) is 27.5 Å². The molecular weight excluding hydrogens is 250 g/mol. The van der Waals surface area contributed by atoms with Gasteiger partial charge in [-0.25, -0.2) is 0 Å². The first kappa shape index (κ1) is 13.2.